The molecule has 0 aliphatic heterocycles. The number of sulfonamides is 1. The number of aliphatic hydroxyl groups is 1. The molecule has 0 aliphatic carbocycles. The maximum Gasteiger partial charge on any atom is 0.244 e. The van der Waals surface area contributed by atoms with E-state index in [1.54, 1.807) is 0 Å². The Bertz CT molecular complexity index is 611. The predicted octanol–water partition coefficient (Wildman–Crippen LogP) is 2.38. The van der Waals surface area contributed by atoms with E-state index >= 15 is 0 Å². The van der Waals surface area contributed by atoms with E-state index in [2.05, 4.69) is 0 Å². The molecule has 21 heavy (non-hydrogen) atoms. The van der Waals surface area contributed by atoms with Crippen LogP contribution in [0.2, 0.25) is 5.02 Å². The van der Waals surface area contributed by atoms with Crippen LogP contribution >= 0.6 is 11.6 Å². The van der Waals surface area contributed by atoms with Crippen molar-refractivity contribution in [3.63, 3.8) is 0 Å². The summed E-state index contributed by atoms with van der Waals surface area (Å²) in [5, 5.41) is 17.9. The largest absolute Gasteiger partial charge is 0.395 e. The molecule has 0 aromatic heterocycles. The second kappa shape index (κ2) is 8.35. The monoisotopic (exact) mass is 330 g/mol. The lowest BCUT2D eigenvalue weighted by Crippen LogP contribution is -2.34. The molecule has 0 atom stereocenters. The van der Waals surface area contributed by atoms with Crippen molar-refractivity contribution in [3.05, 3.63) is 28.8 Å². The standard InChI is InChI=1S/C14H19ClN2O3S/c1-2-3-4-7-17(8-9-18)21(19,20)14-6-5-12(11-16)10-13(14)15/h5-6,10,18H,2-4,7-9H2,1H3. The van der Waals surface area contributed by atoms with E-state index in [0.717, 1.165) is 19.3 Å². The highest BCUT2D eigenvalue weighted by Gasteiger charge is 2.26. The van der Waals surface area contributed by atoms with Gasteiger partial charge in [0.1, 0.15) is 4.90 Å². The molecule has 0 heterocycles. The lowest BCUT2D eigenvalue weighted by Gasteiger charge is -2.21. The second-order valence-electron chi connectivity index (χ2n) is 4.59. The van der Waals surface area contributed by atoms with Crippen LogP contribution in [0.1, 0.15) is 31.7 Å². The maximum absolute atomic E-state index is 12.6. The lowest BCUT2D eigenvalue weighted by atomic mass is 10.2. The number of rotatable bonds is 8. The van der Waals surface area contributed by atoms with Crippen molar-refractivity contribution in [2.24, 2.45) is 0 Å². The third-order valence-corrected chi connectivity index (χ3v) is 5.42. The molecule has 1 aromatic carbocycles. The molecule has 1 rings (SSSR count). The van der Waals surface area contributed by atoms with E-state index in [9.17, 15) is 8.42 Å². The van der Waals surface area contributed by atoms with Gasteiger partial charge >= 0.3 is 0 Å². The number of unbranched alkanes of at least 4 members (excludes halogenated alkanes) is 2. The van der Waals surface area contributed by atoms with Crippen molar-refractivity contribution >= 4 is 21.6 Å². The molecule has 0 spiro atoms. The first-order valence-electron chi connectivity index (χ1n) is 6.78. The first-order chi connectivity index (χ1) is 9.97. The number of hydrogen-bond acceptors (Lipinski definition) is 4. The van der Waals surface area contributed by atoms with Gasteiger partial charge in [0, 0.05) is 13.1 Å². The van der Waals surface area contributed by atoms with Crippen LogP contribution in [0, 0.1) is 11.3 Å². The summed E-state index contributed by atoms with van der Waals surface area (Å²) in [7, 11) is -3.77. The first-order valence-corrected chi connectivity index (χ1v) is 8.59. The van der Waals surface area contributed by atoms with Gasteiger partial charge in [0.15, 0.2) is 0 Å². The Morgan fingerprint density at radius 3 is 2.57 bits per heavy atom. The lowest BCUT2D eigenvalue weighted by molar-refractivity contribution is 0.252. The van der Waals surface area contributed by atoms with E-state index in [1.807, 2.05) is 13.0 Å². The Hall–Kier alpha value is -1.13. The third-order valence-electron chi connectivity index (χ3n) is 3.04. The summed E-state index contributed by atoms with van der Waals surface area (Å²) in [5.41, 5.74) is 0.304. The van der Waals surface area contributed by atoms with Crippen molar-refractivity contribution in [2.45, 2.75) is 31.1 Å². The van der Waals surface area contributed by atoms with E-state index in [4.69, 9.17) is 22.0 Å². The van der Waals surface area contributed by atoms with Crippen molar-refractivity contribution in [2.75, 3.05) is 19.7 Å². The normalized spacial score (nSPS) is 11.6. The van der Waals surface area contributed by atoms with Crippen LogP contribution in [0.5, 0.6) is 0 Å². The highest BCUT2D eigenvalue weighted by Crippen LogP contribution is 2.26. The van der Waals surface area contributed by atoms with Crippen molar-refractivity contribution in [3.8, 4) is 6.07 Å². The highest BCUT2D eigenvalue weighted by atomic mass is 35.5. The van der Waals surface area contributed by atoms with Gasteiger partial charge in [0.05, 0.1) is 23.3 Å². The van der Waals surface area contributed by atoms with Gasteiger partial charge in [-0.05, 0) is 24.6 Å². The number of aliphatic hydroxyl groups excluding tert-OH is 1. The van der Waals surface area contributed by atoms with Crippen LogP contribution in [0.4, 0.5) is 0 Å². The molecular formula is C14H19ClN2O3S. The minimum Gasteiger partial charge on any atom is -0.395 e. The van der Waals surface area contributed by atoms with Gasteiger partial charge in [0.2, 0.25) is 10.0 Å². The quantitative estimate of drug-likeness (QED) is 0.742. The zero-order chi connectivity index (χ0) is 15.9. The smallest absolute Gasteiger partial charge is 0.244 e. The van der Waals surface area contributed by atoms with E-state index in [0.29, 0.717) is 12.1 Å². The molecule has 1 N–H and O–H groups in total. The van der Waals surface area contributed by atoms with Crippen LogP contribution in [-0.2, 0) is 10.0 Å². The summed E-state index contributed by atoms with van der Waals surface area (Å²) in [6, 6.07) is 5.99. The zero-order valence-corrected chi connectivity index (χ0v) is 13.5. The van der Waals surface area contributed by atoms with Gasteiger partial charge in [-0.3, -0.25) is 0 Å². The molecule has 0 amide bonds. The Balaban J connectivity index is 3.08. The van der Waals surface area contributed by atoms with Crippen LogP contribution in [0.3, 0.4) is 0 Å². The van der Waals surface area contributed by atoms with Gasteiger partial charge in [-0.2, -0.15) is 9.57 Å². The fourth-order valence-corrected chi connectivity index (χ4v) is 3.91. The van der Waals surface area contributed by atoms with Gasteiger partial charge in [0.25, 0.3) is 0 Å². The number of nitrogens with zero attached hydrogens (tertiary/aromatic N) is 2. The van der Waals surface area contributed by atoms with Crippen molar-refractivity contribution in [1.29, 1.82) is 5.26 Å². The molecule has 0 saturated heterocycles. The summed E-state index contributed by atoms with van der Waals surface area (Å²) in [4.78, 5) is -0.0342. The average molecular weight is 331 g/mol. The van der Waals surface area contributed by atoms with E-state index < -0.39 is 10.0 Å². The Kier molecular flexibility index (Phi) is 7.12. The van der Waals surface area contributed by atoms with E-state index in [-0.39, 0.29) is 23.1 Å². The molecule has 0 aliphatic rings. The van der Waals surface area contributed by atoms with Crippen molar-refractivity contribution < 1.29 is 13.5 Å². The van der Waals surface area contributed by atoms with Crippen LogP contribution in [0.15, 0.2) is 23.1 Å². The molecule has 0 unspecified atom stereocenters. The predicted molar refractivity (Wildman–Crippen MR) is 81.5 cm³/mol. The molecule has 1 aromatic rings. The number of halogens is 1. The molecule has 116 valence electrons. The molecular weight excluding hydrogens is 312 g/mol. The van der Waals surface area contributed by atoms with Gasteiger partial charge in [-0.1, -0.05) is 31.4 Å². The third kappa shape index (κ3) is 4.68. The minimum absolute atomic E-state index is 0.0208. The SMILES string of the molecule is CCCCCN(CCO)S(=O)(=O)c1ccc(C#N)cc1Cl. The number of benzene rings is 1. The zero-order valence-electron chi connectivity index (χ0n) is 11.9. The van der Waals surface area contributed by atoms with Crippen LogP contribution in [0.25, 0.3) is 0 Å². The van der Waals surface area contributed by atoms with E-state index in [1.165, 1.54) is 22.5 Å². The summed E-state index contributed by atoms with van der Waals surface area (Å²) >= 11 is 5.98. The first kappa shape index (κ1) is 17.9. The molecule has 0 fully saturated rings. The molecule has 0 radical (unpaired) electrons. The fraction of sp³-hybridized carbons (Fsp3) is 0.500. The topological polar surface area (TPSA) is 81.4 Å². The summed E-state index contributed by atoms with van der Waals surface area (Å²) < 4.78 is 26.4. The summed E-state index contributed by atoms with van der Waals surface area (Å²) in [5.74, 6) is 0. The molecule has 7 heteroatoms. The van der Waals surface area contributed by atoms with Gasteiger partial charge < -0.3 is 5.11 Å². The maximum atomic E-state index is 12.6. The molecule has 5 nitrogen and oxygen atoms in total. The Morgan fingerprint density at radius 2 is 2.05 bits per heavy atom. The summed E-state index contributed by atoms with van der Waals surface area (Å²) in [6.07, 6.45) is 2.62. The number of nitriles is 1. The van der Waals surface area contributed by atoms with Gasteiger partial charge in [-0.15, -0.1) is 0 Å². The molecule has 0 bridgehead atoms. The van der Waals surface area contributed by atoms with Gasteiger partial charge in [-0.25, -0.2) is 8.42 Å². The number of hydrogen-bond donors (Lipinski definition) is 1. The van der Waals surface area contributed by atoms with Crippen LogP contribution in [-0.4, -0.2) is 37.5 Å². The Morgan fingerprint density at radius 1 is 1.33 bits per heavy atom. The second-order valence-corrected chi connectivity index (χ2v) is 6.91. The minimum atomic E-state index is -3.77. The average Bonchev–Trinajstić information content (AvgIpc) is 2.46. The summed E-state index contributed by atoms with van der Waals surface area (Å²) in [6.45, 7) is 2.15. The molecule has 0 saturated carbocycles. The Labute approximate surface area is 130 Å². The van der Waals surface area contributed by atoms with Crippen LogP contribution < -0.4 is 0 Å². The fourth-order valence-electron chi connectivity index (χ4n) is 1.92. The highest BCUT2D eigenvalue weighted by molar-refractivity contribution is 7.89. The van der Waals surface area contributed by atoms with Crippen molar-refractivity contribution in [1.82, 2.24) is 4.31 Å².